The van der Waals surface area contributed by atoms with Crippen LogP contribution >= 0.6 is 34.5 Å². The normalized spacial score (nSPS) is 13.4. The molecule has 2 atom stereocenters. The summed E-state index contributed by atoms with van der Waals surface area (Å²) in [5.41, 5.74) is 8.91. The van der Waals surface area contributed by atoms with Crippen LogP contribution in [-0.2, 0) is 5.88 Å². The first-order chi connectivity index (χ1) is 12.9. The fraction of sp³-hybridized carbons (Fsp3) is 0.222. The monoisotopic (exact) mass is 426 g/mol. The molecule has 2 aromatic heterocycles. The minimum absolute atomic E-state index is 0.277. The molecule has 27 heavy (non-hydrogen) atoms. The van der Waals surface area contributed by atoms with Crippen LogP contribution in [0.3, 0.4) is 0 Å². The van der Waals surface area contributed by atoms with Gasteiger partial charge in [0.05, 0.1) is 22.6 Å². The van der Waals surface area contributed by atoms with Gasteiger partial charge in [-0.05, 0) is 30.7 Å². The maximum Gasteiger partial charge on any atom is 0.261 e. The Kier molecular flexibility index (Phi) is 6.16. The minimum Gasteiger partial charge on any atom is -0.347 e. The third kappa shape index (κ3) is 4.32. The van der Waals surface area contributed by atoms with Gasteiger partial charge >= 0.3 is 0 Å². The number of aromatic amines is 1. The Morgan fingerprint density at radius 2 is 2.22 bits per heavy atom. The molecular weight excluding hydrogens is 410 g/mol. The van der Waals surface area contributed by atoms with Gasteiger partial charge in [-0.1, -0.05) is 23.7 Å². The molecule has 0 saturated carbocycles. The molecule has 0 radical (unpaired) electrons. The van der Waals surface area contributed by atoms with Gasteiger partial charge in [0.25, 0.3) is 5.91 Å². The summed E-state index contributed by atoms with van der Waals surface area (Å²) in [7, 11) is 0. The van der Waals surface area contributed by atoms with Crippen molar-refractivity contribution in [3.8, 4) is 11.3 Å². The predicted octanol–water partition coefficient (Wildman–Crippen LogP) is 4.49. The standard InChI is InChI=1S/C18H17Cl2FN4OS/c1-9(15(22)10-3-2-4-12(21)5-10)24-18(26)14-6-13(17(20)27-14)16-11(7-19)8-23-25-16/h2-6,8-9,15H,7,22H2,1H3,(H,23,25)(H,24,26)/t9?,15-/m0/s1. The van der Waals surface area contributed by atoms with Crippen molar-refractivity contribution in [1.82, 2.24) is 15.5 Å². The molecular formula is C18H17Cl2FN4OS. The van der Waals surface area contributed by atoms with E-state index in [1.54, 1.807) is 31.3 Å². The van der Waals surface area contributed by atoms with Crippen LogP contribution in [-0.4, -0.2) is 22.1 Å². The van der Waals surface area contributed by atoms with Crippen molar-refractivity contribution < 1.29 is 9.18 Å². The van der Waals surface area contributed by atoms with Crippen molar-refractivity contribution in [2.45, 2.75) is 24.9 Å². The van der Waals surface area contributed by atoms with E-state index in [9.17, 15) is 9.18 Å². The summed E-state index contributed by atoms with van der Waals surface area (Å²) in [6, 6.07) is 6.75. The van der Waals surface area contributed by atoms with Crippen LogP contribution in [0.1, 0.15) is 33.8 Å². The molecule has 4 N–H and O–H groups in total. The number of amides is 1. The lowest BCUT2D eigenvalue weighted by Crippen LogP contribution is -2.40. The van der Waals surface area contributed by atoms with Crippen LogP contribution in [0.5, 0.6) is 0 Å². The highest BCUT2D eigenvalue weighted by Crippen LogP contribution is 2.36. The highest BCUT2D eigenvalue weighted by atomic mass is 35.5. The third-order valence-electron chi connectivity index (χ3n) is 4.17. The Hall–Kier alpha value is -1.93. The van der Waals surface area contributed by atoms with Crippen molar-refractivity contribution in [2.24, 2.45) is 5.73 Å². The largest absolute Gasteiger partial charge is 0.347 e. The van der Waals surface area contributed by atoms with E-state index in [2.05, 4.69) is 15.5 Å². The predicted molar refractivity (Wildman–Crippen MR) is 107 cm³/mol. The highest BCUT2D eigenvalue weighted by Gasteiger charge is 2.22. The van der Waals surface area contributed by atoms with Crippen molar-refractivity contribution in [1.29, 1.82) is 0 Å². The summed E-state index contributed by atoms with van der Waals surface area (Å²) in [5, 5.41) is 9.66. The molecule has 142 valence electrons. The Bertz CT molecular complexity index is 958. The number of thiophene rings is 1. The van der Waals surface area contributed by atoms with Gasteiger partial charge in [0.1, 0.15) is 10.2 Å². The number of halogens is 3. The van der Waals surface area contributed by atoms with E-state index in [0.29, 0.717) is 26.0 Å². The van der Waals surface area contributed by atoms with Crippen molar-refractivity contribution in [3.05, 3.63) is 62.7 Å². The van der Waals surface area contributed by atoms with Gasteiger partial charge in [0.2, 0.25) is 0 Å². The number of benzene rings is 1. The number of hydrogen-bond donors (Lipinski definition) is 3. The summed E-state index contributed by atoms with van der Waals surface area (Å²) < 4.78 is 13.8. The molecule has 0 bridgehead atoms. The Balaban J connectivity index is 1.76. The number of carbonyl (C=O) groups excluding carboxylic acids is 1. The molecule has 3 rings (SSSR count). The quantitative estimate of drug-likeness (QED) is 0.507. The SMILES string of the molecule is CC(NC(=O)c1cc(-c2[nH]ncc2CCl)c(Cl)s1)[C@H](N)c1cccc(F)c1. The summed E-state index contributed by atoms with van der Waals surface area (Å²) in [6.07, 6.45) is 1.62. The lowest BCUT2D eigenvalue weighted by Gasteiger charge is -2.21. The molecule has 0 saturated heterocycles. The van der Waals surface area contributed by atoms with Crippen LogP contribution in [0.25, 0.3) is 11.3 Å². The van der Waals surface area contributed by atoms with Crippen molar-refractivity contribution in [2.75, 3.05) is 0 Å². The first-order valence-electron chi connectivity index (χ1n) is 8.10. The number of nitrogens with zero attached hydrogens (tertiary/aromatic N) is 1. The van der Waals surface area contributed by atoms with Crippen LogP contribution in [0, 0.1) is 5.82 Å². The molecule has 9 heteroatoms. The lowest BCUT2D eigenvalue weighted by molar-refractivity contribution is 0.0939. The molecule has 1 unspecified atom stereocenters. The zero-order valence-corrected chi connectivity index (χ0v) is 16.6. The van der Waals surface area contributed by atoms with Gasteiger partial charge in [-0.25, -0.2) is 4.39 Å². The van der Waals surface area contributed by atoms with Gasteiger partial charge in [-0.3, -0.25) is 9.89 Å². The topological polar surface area (TPSA) is 83.8 Å². The fourth-order valence-corrected chi connectivity index (χ4v) is 4.06. The van der Waals surface area contributed by atoms with E-state index in [4.69, 9.17) is 28.9 Å². The van der Waals surface area contributed by atoms with E-state index in [0.717, 1.165) is 16.9 Å². The number of alkyl halides is 1. The zero-order valence-electron chi connectivity index (χ0n) is 14.3. The molecule has 0 aliphatic carbocycles. The second-order valence-electron chi connectivity index (χ2n) is 6.04. The molecule has 0 aliphatic heterocycles. The summed E-state index contributed by atoms with van der Waals surface area (Å²) in [4.78, 5) is 13.0. The number of rotatable bonds is 6. The number of carbonyl (C=O) groups is 1. The number of hydrogen-bond acceptors (Lipinski definition) is 4. The third-order valence-corrected chi connectivity index (χ3v) is 5.82. The van der Waals surface area contributed by atoms with E-state index in [1.165, 1.54) is 12.1 Å². The number of H-pyrrole nitrogens is 1. The van der Waals surface area contributed by atoms with Gasteiger partial charge < -0.3 is 11.1 Å². The maximum absolute atomic E-state index is 13.4. The zero-order chi connectivity index (χ0) is 19.6. The number of nitrogens with one attached hydrogen (secondary N) is 2. The molecule has 3 aromatic rings. The molecule has 1 amide bonds. The first kappa shape index (κ1) is 19.8. The van der Waals surface area contributed by atoms with E-state index in [1.807, 2.05) is 0 Å². The average molecular weight is 427 g/mol. The summed E-state index contributed by atoms with van der Waals surface area (Å²) in [6.45, 7) is 1.77. The van der Waals surface area contributed by atoms with Crippen LogP contribution < -0.4 is 11.1 Å². The lowest BCUT2D eigenvalue weighted by atomic mass is 10.0. The van der Waals surface area contributed by atoms with E-state index in [-0.39, 0.29) is 17.6 Å². The van der Waals surface area contributed by atoms with Gasteiger partial charge in [0.15, 0.2) is 0 Å². The minimum atomic E-state index is -0.546. The van der Waals surface area contributed by atoms with Gasteiger partial charge in [-0.2, -0.15) is 5.10 Å². The van der Waals surface area contributed by atoms with Gasteiger partial charge in [-0.15, -0.1) is 22.9 Å². The van der Waals surface area contributed by atoms with E-state index < -0.39 is 12.1 Å². The summed E-state index contributed by atoms with van der Waals surface area (Å²) >= 11 is 13.4. The van der Waals surface area contributed by atoms with Crippen LogP contribution in [0.15, 0.2) is 36.5 Å². The van der Waals surface area contributed by atoms with Crippen LogP contribution in [0.4, 0.5) is 4.39 Å². The van der Waals surface area contributed by atoms with Crippen molar-refractivity contribution in [3.63, 3.8) is 0 Å². The van der Waals surface area contributed by atoms with Gasteiger partial charge in [0, 0.05) is 23.2 Å². The number of nitrogens with two attached hydrogens (primary N) is 1. The molecule has 0 spiro atoms. The fourth-order valence-electron chi connectivity index (χ4n) is 2.67. The second-order valence-corrected chi connectivity index (χ2v) is 7.97. The van der Waals surface area contributed by atoms with Crippen molar-refractivity contribution >= 4 is 40.4 Å². The molecule has 0 fully saturated rings. The van der Waals surface area contributed by atoms with Crippen LogP contribution in [0.2, 0.25) is 4.34 Å². The Morgan fingerprint density at radius 3 is 2.93 bits per heavy atom. The highest BCUT2D eigenvalue weighted by molar-refractivity contribution is 7.18. The first-order valence-corrected chi connectivity index (χ1v) is 9.83. The molecule has 1 aromatic carbocycles. The Labute approximate surface area is 169 Å². The Morgan fingerprint density at radius 1 is 1.44 bits per heavy atom. The number of aromatic nitrogens is 2. The maximum atomic E-state index is 13.4. The molecule has 5 nitrogen and oxygen atoms in total. The molecule has 0 aliphatic rings. The second kappa shape index (κ2) is 8.39. The van der Waals surface area contributed by atoms with E-state index >= 15 is 0 Å². The molecule has 2 heterocycles. The smallest absolute Gasteiger partial charge is 0.261 e. The average Bonchev–Trinajstić information content (AvgIpc) is 3.26. The summed E-state index contributed by atoms with van der Waals surface area (Å²) in [5.74, 6) is -0.399.